The minimum Gasteiger partial charge on any atom is -0.394 e. The van der Waals surface area contributed by atoms with Crippen molar-refractivity contribution >= 4 is 103 Å². The van der Waals surface area contributed by atoms with Gasteiger partial charge in [0.15, 0.2) is 0 Å². The normalized spacial score (nSPS) is 24.9. The van der Waals surface area contributed by atoms with Gasteiger partial charge in [-0.2, -0.15) is 0 Å². The third-order valence-electron chi connectivity index (χ3n) is 14.2. The summed E-state index contributed by atoms with van der Waals surface area (Å²) < 4.78 is 0. The van der Waals surface area contributed by atoms with Crippen LogP contribution in [-0.4, -0.2) is 186 Å². The fourth-order valence-electron chi connectivity index (χ4n) is 9.50. The van der Waals surface area contributed by atoms with E-state index in [9.17, 15) is 48.9 Å². The van der Waals surface area contributed by atoms with E-state index in [1.54, 1.807) is 77.1 Å². The quantitative estimate of drug-likeness (QED) is 0.0475. The molecule has 438 valence electrons. The molecule has 4 unspecified atom stereocenters. The van der Waals surface area contributed by atoms with Crippen molar-refractivity contribution in [2.75, 3.05) is 42.8 Å². The summed E-state index contributed by atoms with van der Waals surface area (Å²) in [5.74, 6) is -6.26. The summed E-state index contributed by atoms with van der Waals surface area (Å²) in [5.41, 5.74) is 8.58. The van der Waals surface area contributed by atoms with Crippen molar-refractivity contribution in [3.63, 3.8) is 0 Å². The summed E-state index contributed by atoms with van der Waals surface area (Å²) >= 11 is 3.58. The van der Waals surface area contributed by atoms with Crippen LogP contribution in [0.25, 0.3) is 10.9 Å². The lowest BCUT2D eigenvalue weighted by molar-refractivity contribution is -0.136. The Bertz CT molecular complexity index is 2770. The first-order chi connectivity index (χ1) is 39.0. The van der Waals surface area contributed by atoms with Gasteiger partial charge in [0.25, 0.3) is 0 Å². The highest BCUT2D eigenvalue weighted by Gasteiger charge is 2.41. The second-order valence-electron chi connectivity index (χ2n) is 20.3. The van der Waals surface area contributed by atoms with E-state index in [0.29, 0.717) is 37.1 Å². The van der Waals surface area contributed by atoms with Crippen LogP contribution in [0.3, 0.4) is 0 Å². The number of aromatic amines is 1. The van der Waals surface area contributed by atoms with E-state index in [2.05, 4.69) is 47.5 Å². The molecule has 0 spiro atoms. The number of nitrogens with zero attached hydrogens (tertiary/aromatic N) is 1. The number of benzene rings is 3. The SMILES string of the molecule is CC(O)[C@@H]1NC(=O)[C@H](CCCCN)NC(=O)[C@@H](Cc2c[nH]c3ccccc23)NC(=O)[C@H](Cc2ccccc2)NC(=O)[C@@H](NC(=O)[C@@H](Cc2ccccc2)NC(=O)N2CC3SCS[C@H]3C2)CSSCC(C(=O)N[C@H](CO)C(C)O)NC1=O. The summed E-state index contributed by atoms with van der Waals surface area (Å²) in [4.78, 5) is 121. The largest absolute Gasteiger partial charge is 0.394 e. The number of carbonyl (C=O) groups excluding carboxylic acids is 8. The Morgan fingerprint density at radius 1 is 0.704 bits per heavy atom. The molecule has 0 saturated carbocycles. The number of urea groups is 1. The lowest BCUT2D eigenvalue weighted by atomic mass is 10.0. The Labute approximate surface area is 486 Å². The maximum atomic E-state index is 15.0. The third kappa shape index (κ3) is 18.0. The average Bonchev–Trinajstić information content (AvgIpc) is 4.22. The second kappa shape index (κ2) is 30.9. The van der Waals surface area contributed by atoms with Gasteiger partial charge in [-0.05, 0) is 62.4 Å². The molecule has 26 heteroatoms. The Morgan fingerprint density at radius 3 is 1.96 bits per heavy atom. The van der Waals surface area contributed by atoms with Crippen molar-refractivity contribution in [1.29, 1.82) is 0 Å². The number of nitrogens with two attached hydrogens (primary N) is 1. The molecule has 3 aromatic carbocycles. The van der Waals surface area contributed by atoms with Crippen molar-refractivity contribution < 1.29 is 53.7 Å². The molecule has 14 N–H and O–H groups in total. The van der Waals surface area contributed by atoms with Crippen molar-refractivity contribution in [2.45, 2.75) is 123 Å². The van der Waals surface area contributed by atoms with E-state index in [-0.39, 0.29) is 54.2 Å². The van der Waals surface area contributed by atoms with E-state index in [4.69, 9.17) is 5.73 Å². The highest BCUT2D eigenvalue weighted by molar-refractivity contribution is 8.76. The van der Waals surface area contributed by atoms with Crippen molar-refractivity contribution in [2.24, 2.45) is 5.73 Å². The minimum atomic E-state index is -1.69. The number of likely N-dealkylation sites (tertiary alicyclic amines) is 1. The highest BCUT2D eigenvalue weighted by atomic mass is 33.1. The molecule has 81 heavy (non-hydrogen) atoms. The molecule has 0 aliphatic carbocycles. The summed E-state index contributed by atoms with van der Waals surface area (Å²) in [6.07, 6.45) is -0.388. The maximum Gasteiger partial charge on any atom is 0.318 e. The number of aromatic nitrogens is 1. The summed E-state index contributed by atoms with van der Waals surface area (Å²) in [7, 11) is 2.03. The lowest BCUT2D eigenvalue weighted by Crippen LogP contribution is -2.62. The van der Waals surface area contributed by atoms with Gasteiger partial charge in [0.2, 0.25) is 41.4 Å². The van der Waals surface area contributed by atoms with Gasteiger partial charge in [-0.1, -0.05) is 100 Å². The van der Waals surface area contributed by atoms with Gasteiger partial charge in [0.05, 0.1) is 24.9 Å². The molecule has 22 nitrogen and oxygen atoms in total. The fourth-order valence-corrected chi connectivity index (χ4v) is 15.2. The zero-order valence-corrected chi connectivity index (χ0v) is 48.3. The van der Waals surface area contributed by atoms with Gasteiger partial charge in [-0.3, -0.25) is 33.6 Å². The number of nitrogens with one attached hydrogen (secondary N) is 9. The van der Waals surface area contributed by atoms with E-state index in [1.807, 2.05) is 42.5 Å². The molecule has 4 aromatic rings. The number of aliphatic hydroxyl groups excluding tert-OH is 3. The predicted molar refractivity (Wildman–Crippen MR) is 316 cm³/mol. The molecule has 3 fully saturated rings. The number of unbranched alkanes of at least 4 members (excludes halogenated alkanes) is 1. The number of para-hydroxylation sites is 1. The highest BCUT2D eigenvalue weighted by Crippen LogP contribution is 2.41. The number of thioether (sulfide) groups is 2. The van der Waals surface area contributed by atoms with E-state index in [0.717, 1.165) is 43.1 Å². The Morgan fingerprint density at radius 2 is 1.31 bits per heavy atom. The van der Waals surface area contributed by atoms with Crippen LogP contribution in [0.5, 0.6) is 0 Å². The first kappa shape index (κ1) is 62.6. The topological polar surface area (TPSA) is 339 Å². The molecule has 9 amide bonds. The molecule has 7 rings (SSSR count). The first-order valence-electron chi connectivity index (χ1n) is 27.0. The van der Waals surface area contributed by atoms with Gasteiger partial charge < -0.3 is 73.5 Å². The maximum absolute atomic E-state index is 15.0. The predicted octanol–water partition coefficient (Wildman–Crippen LogP) is 0.436. The number of hydrogen-bond acceptors (Lipinski definition) is 16. The van der Waals surface area contributed by atoms with Crippen molar-refractivity contribution in [1.82, 2.24) is 52.4 Å². The summed E-state index contributed by atoms with van der Waals surface area (Å²) in [6.45, 7) is 3.21. The zero-order valence-electron chi connectivity index (χ0n) is 45.0. The minimum absolute atomic E-state index is 0.0185. The van der Waals surface area contributed by atoms with Crippen LogP contribution in [0, 0.1) is 0 Å². The molecule has 12 atom stereocenters. The average molecular weight is 1190 g/mol. The summed E-state index contributed by atoms with van der Waals surface area (Å²) in [5, 5.41) is 55.5. The molecule has 3 aliphatic rings. The number of rotatable bonds is 18. The van der Waals surface area contributed by atoms with Gasteiger partial charge in [-0.15, -0.1) is 23.5 Å². The second-order valence-corrected chi connectivity index (χ2v) is 25.7. The Balaban J connectivity index is 1.26. The van der Waals surface area contributed by atoms with Crippen LogP contribution in [0.4, 0.5) is 4.79 Å². The van der Waals surface area contributed by atoms with Gasteiger partial charge in [0, 0.05) is 76.5 Å². The monoisotopic (exact) mass is 1190 g/mol. The molecule has 3 saturated heterocycles. The van der Waals surface area contributed by atoms with Gasteiger partial charge in [0.1, 0.15) is 42.3 Å². The molecule has 3 aliphatic heterocycles. The smallest absolute Gasteiger partial charge is 0.318 e. The number of H-pyrrole nitrogens is 1. The van der Waals surface area contributed by atoms with Gasteiger partial charge in [-0.25, -0.2) is 4.79 Å². The number of carbonyl (C=O) groups is 8. The molecular formula is C55H73N11O11S4. The zero-order chi connectivity index (χ0) is 58.0. The van der Waals surface area contributed by atoms with Crippen LogP contribution >= 0.6 is 45.1 Å². The number of amides is 9. The van der Waals surface area contributed by atoms with E-state index in [1.165, 1.54) is 13.8 Å². The van der Waals surface area contributed by atoms with Gasteiger partial charge >= 0.3 is 6.03 Å². The van der Waals surface area contributed by atoms with Crippen molar-refractivity contribution in [3.8, 4) is 0 Å². The fraction of sp³-hybridized carbons (Fsp3) is 0.491. The molecule has 1 aromatic heterocycles. The first-order valence-corrected chi connectivity index (χ1v) is 31.6. The number of hydrogen-bond donors (Lipinski definition) is 13. The van der Waals surface area contributed by atoms with Crippen LogP contribution in [-0.2, 0) is 52.8 Å². The van der Waals surface area contributed by atoms with Crippen LogP contribution in [0.1, 0.15) is 49.8 Å². The Kier molecular flexibility index (Phi) is 23.9. The standard InChI is InChI=1S/C55H73N11O11S4/c1-31(68)42(27-67)61-53(75)44-29-81-80-28-43(62-50(72)40(22-34-15-7-4-8-16-34)64-55(77)66-25-45-46(26-66)79-30-78-45)52(74)59-39(21-33-13-5-3-6-14-33)49(71)60-41(23-35-24-57-37-18-10-9-17-36(35)37)51(73)58-38(19-11-12-20-56)48(70)65-47(32(2)69)54(76)63-44/h3-10,13-18,24,31-32,38-47,57,67-69H,11-12,19-23,25-30,56H2,1-2H3,(H,58,73)(H,59,74)(H,60,71)(H,61,75)(H,62,72)(H,63,76)(H,64,77)(H,65,70)/t31?,32?,38-,39-,40+,41+,42+,43-,44?,45-,46?,47-/m0/s1. The number of fused-ring (bicyclic) bond motifs is 2. The Hall–Kier alpha value is -6.00. The van der Waals surface area contributed by atoms with Crippen LogP contribution in [0.15, 0.2) is 91.1 Å². The number of aliphatic hydroxyl groups is 3. The van der Waals surface area contributed by atoms with Crippen LogP contribution in [0.2, 0.25) is 0 Å². The molecular weight excluding hydrogens is 1120 g/mol. The summed E-state index contributed by atoms with van der Waals surface area (Å²) in [6, 6.07) is 13.8. The molecule has 4 heterocycles. The lowest BCUT2D eigenvalue weighted by Gasteiger charge is -2.29. The third-order valence-corrected chi connectivity index (χ3v) is 19.7. The molecule has 0 radical (unpaired) electrons. The van der Waals surface area contributed by atoms with E-state index < -0.39 is 115 Å². The molecule has 0 bridgehead atoms. The van der Waals surface area contributed by atoms with Crippen LogP contribution < -0.4 is 48.3 Å². The van der Waals surface area contributed by atoms with Crippen molar-refractivity contribution in [3.05, 3.63) is 108 Å². The van der Waals surface area contributed by atoms with E-state index >= 15 is 4.79 Å².